The van der Waals surface area contributed by atoms with Crippen molar-refractivity contribution in [3.63, 3.8) is 0 Å². The molecule has 0 atom stereocenters. The number of ether oxygens (including phenoxy) is 1. The molecule has 0 spiro atoms. The number of amides is 1. The number of carbonyl (C=O) groups excluding carboxylic acids is 1. The molecule has 0 unspecified atom stereocenters. The van der Waals surface area contributed by atoms with Gasteiger partial charge in [0.25, 0.3) is 11.5 Å². The molecule has 1 amide bonds. The van der Waals surface area contributed by atoms with E-state index in [0.29, 0.717) is 13.2 Å². The number of nitrogens with zero attached hydrogens (tertiary/aromatic N) is 1. The highest BCUT2D eigenvalue weighted by molar-refractivity contribution is 5.93. The van der Waals surface area contributed by atoms with Gasteiger partial charge in [-0.05, 0) is 0 Å². The molecular formula is C9H13N3O4. The zero-order chi connectivity index (χ0) is 12.1. The Balaban J connectivity index is 2.89. The third-order valence-corrected chi connectivity index (χ3v) is 2.02. The molecule has 7 heteroatoms. The number of nitrogens with one attached hydrogen (secondary N) is 2. The Morgan fingerprint density at radius 3 is 2.88 bits per heavy atom. The molecule has 1 aromatic rings. The van der Waals surface area contributed by atoms with E-state index in [-0.39, 0.29) is 5.56 Å². The van der Waals surface area contributed by atoms with Crippen LogP contribution in [0.25, 0.3) is 0 Å². The maximum atomic E-state index is 11.5. The summed E-state index contributed by atoms with van der Waals surface area (Å²) >= 11 is 0. The predicted molar refractivity (Wildman–Crippen MR) is 56.5 cm³/mol. The fourth-order valence-corrected chi connectivity index (χ4v) is 1.09. The molecule has 1 aromatic heterocycles. The maximum Gasteiger partial charge on any atom is 0.328 e. The monoisotopic (exact) mass is 227 g/mol. The summed E-state index contributed by atoms with van der Waals surface area (Å²) in [6, 6.07) is 0. The van der Waals surface area contributed by atoms with Crippen LogP contribution in [0.5, 0.6) is 0 Å². The van der Waals surface area contributed by atoms with E-state index in [0.717, 1.165) is 10.8 Å². The minimum Gasteiger partial charge on any atom is -0.383 e. The lowest BCUT2D eigenvalue weighted by atomic mass is 10.3. The van der Waals surface area contributed by atoms with Gasteiger partial charge in [0.05, 0.1) is 6.61 Å². The van der Waals surface area contributed by atoms with Crippen molar-refractivity contribution in [2.75, 3.05) is 20.3 Å². The van der Waals surface area contributed by atoms with Gasteiger partial charge in [-0.15, -0.1) is 0 Å². The van der Waals surface area contributed by atoms with Gasteiger partial charge in [0, 0.05) is 26.9 Å². The van der Waals surface area contributed by atoms with E-state index in [2.05, 4.69) is 10.3 Å². The average molecular weight is 227 g/mol. The minimum absolute atomic E-state index is 0.0989. The molecule has 0 radical (unpaired) electrons. The van der Waals surface area contributed by atoms with Gasteiger partial charge in [0.15, 0.2) is 0 Å². The average Bonchev–Trinajstić information content (AvgIpc) is 2.26. The number of aromatic amines is 1. The van der Waals surface area contributed by atoms with Crippen LogP contribution in [0.3, 0.4) is 0 Å². The molecule has 16 heavy (non-hydrogen) atoms. The molecule has 1 rings (SSSR count). The van der Waals surface area contributed by atoms with E-state index in [1.54, 1.807) is 0 Å². The standard InChI is InChI=1S/C9H13N3O4/c1-12-8(14)6(5-11-9(12)15)7(13)10-3-4-16-2/h5H,3-4H2,1-2H3,(H,10,13)(H,11,15). The lowest BCUT2D eigenvalue weighted by molar-refractivity contribution is 0.0934. The van der Waals surface area contributed by atoms with Crippen molar-refractivity contribution in [1.82, 2.24) is 14.9 Å². The Kier molecular flexibility index (Phi) is 4.01. The molecule has 0 saturated carbocycles. The maximum absolute atomic E-state index is 11.5. The first-order valence-electron chi connectivity index (χ1n) is 4.63. The second-order valence-corrected chi connectivity index (χ2v) is 3.12. The molecule has 0 aliphatic rings. The summed E-state index contributed by atoms with van der Waals surface area (Å²) in [5.74, 6) is -0.533. The van der Waals surface area contributed by atoms with Crippen molar-refractivity contribution in [2.24, 2.45) is 7.05 Å². The topological polar surface area (TPSA) is 93.2 Å². The van der Waals surface area contributed by atoms with Crippen molar-refractivity contribution in [3.05, 3.63) is 32.6 Å². The molecule has 0 fully saturated rings. The Morgan fingerprint density at radius 2 is 2.25 bits per heavy atom. The first-order valence-corrected chi connectivity index (χ1v) is 4.63. The fourth-order valence-electron chi connectivity index (χ4n) is 1.09. The van der Waals surface area contributed by atoms with Gasteiger partial charge in [-0.25, -0.2) is 4.79 Å². The summed E-state index contributed by atoms with van der Waals surface area (Å²) in [7, 11) is 2.80. The largest absolute Gasteiger partial charge is 0.383 e. The van der Waals surface area contributed by atoms with Crippen LogP contribution in [-0.4, -0.2) is 35.7 Å². The second kappa shape index (κ2) is 5.26. The van der Waals surface area contributed by atoms with Gasteiger partial charge in [0.2, 0.25) is 0 Å². The summed E-state index contributed by atoms with van der Waals surface area (Å²) in [6.45, 7) is 0.660. The number of rotatable bonds is 4. The molecule has 0 bridgehead atoms. The first-order chi connectivity index (χ1) is 7.57. The van der Waals surface area contributed by atoms with Crippen LogP contribution in [0.15, 0.2) is 15.8 Å². The van der Waals surface area contributed by atoms with Gasteiger partial charge in [0.1, 0.15) is 5.56 Å². The zero-order valence-electron chi connectivity index (χ0n) is 9.07. The summed E-state index contributed by atoms with van der Waals surface area (Å²) in [6.07, 6.45) is 1.10. The molecular weight excluding hydrogens is 214 g/mol. The third kappa shape index (κ3) is 2.57. The summed E-state index contributed by atoms with van der Waals surface area (Å²) in [5.41, 5.74) is -1.28. The molecule has 1 heterocycles. The number of methoxy groups -OCH3 is 1. The molecule has 7 nitrogen and oxygen atoms in total. The van der Waals surface area contributed by atoms with E-state index >= 15 is 0 Å². The lowest BCUT2D eigenvalue weighted by Crippen LogP contribution is -2.39. The van der Waals surface area contributed by atoms with Crippen molar-refractivity contribution in [1.29, 1.82) is 0 Å². The number of hydrogen-bond donors (Lipinski definition) is 2. The van der Waals surface area contributed by atoms with Crippen molar-refractivity contribution in [3.8, 4) is 0 Å². The van der Waals surface area contributed by atoms with Crippen LogP contribution in [0.4, 0.5) is 0 Å². The molecule has 88 valence electrons. The molecule has 2 N–H and O–H groups in total. The Morgan fingerprint density at radius 1 is 1.56 bits per heavy atom. The smallest absolute Gasteiger partial charge is 0.328 e. The second-order valence-electron chi connectivity index (χ2n) is 3.12. The van der Waals surface area contributed by atoms with E-state index in [4.69, 9.17) is 4.74 Å². The van der Waals surface area contributed by atoms with Gasteiger partial charge < -0.3 is 15.0 Å². The highest BCUT2D eigenvalue weighted by atomic mass is 16.5. The summed E-state index contributed by atoms with van der Waals surface area (Å²) in [5, 5.41) is 2.49. The number of hydrogen-bond acceptors (Lipinski definition) is 4. The number of H-pyrrole nitrogens is 1. The van der Waals surface area contributed by atoms with Crippen LogP contribution in [0.1, 0.15) is 10.4 Å². The van der Waals surface area contributed by atoms with Crippen LogP contribution in [0.2, 0.25) is 0 Å². The van der Waals surface area contributed by atoms with Gasteiger partial charge >= 0.3 is 5.69 Å². The van der Waals surface area contributed by atoms with Crippen LogP contribution >= 0.6 is 0 Å². The van der Waals surface area contributed by atoms with E-state index in [1.165, 1.54) is 14.2 Å². The normalized spacial score (nSPS) is 10.1. The number of aromatic nitrogens is 2. The minimum atomic E-state index is -0.626. The van der Waals surface area contributed by atoms with E-state index < -0.39 is 17.2 Å². The molecule has 0 aromatic carbocycles. The summed E-state index contributed by atoms with van der Waals surface area (Å²) in [4.78, 5) is 36.3. The Hall–Kier alpha value is -1.89. The highest BCUT2D eigenvalue weighted by Gasteiger charge is 2.11. The van der Waals surface area contributed by atoms with Crippen LogP contribution in [-0.2, 0) is 11.8 Å². The third-order valence-electron chi connectivity index (χ3n) is 2.02. The Bertz CT molecular complexity index is 488. The quantitative estimate of drug-likeness (QED) is 0.609. The SMILES string of the molecule is COCCNC(=O)c1c[nH]c(=O)n(C)c1=O. The zero-order valence-corrected chi connectivity index (χ0v) is 9.07. The van der Waals surface area contributed by atoms with Crippen LogP contribution < -0.4 is 16.6 Å². The van der Waals surface area contributed by atoms with Gasteiger partial charge in [-0.3, -0.25) is 14.2 Å². The first kappa shape index (κ1) is 12.2. The van der Waals surface area contributed by atoms with E-state index in [1.807, 2.05) is 0 Å². The van der Waals surface area contributed by atoms with Crippen LogP contribution in [0, 0.1) is 0 Å². The van der Waals surface area contributed by atoms with E-state index in [9.17, 15) is 14.4 Å². The predicted octanol–water partition coefficient (Wildman–Crippen LogP) is -1.55. The van der Waals surface area contributed by atoms with Crippen molar-refractivity contribution >= 4 is 5.91 Å². The lowest BCUT2D eigenvalue weighted by Gasteiger charge is -2.04. The highest BCUT2D eigenvalue weighted by Crippen LogP contribution is 1.85. The molecule has 0 aliphatic carbocycles. The van der Waals surface area contributed by atoms with Crippen molar-refractivity contribution < 1.29 is 9.53 Å². The summed E-state index contributed by atoms with van der Waals surface area (Å²) < 4.78 is 5.58. The van der Waals surface area contributed by atoms with Gasteiger partial charge in [-0.1, -0.05) is 0 Å². The van der Waals surface area contributed by atoms with Crippen molar-refractivity contribution in [2.45, 2.75) is 0 Å². The van der Waals surface area contributed by atoms with Gasteiger partial charge in [-0.2, -0.15) is 0 Å². The molecule has 0 saturated heterocycles. The Labute approximate surface area is 91.1 Å². The molecule has 0 aliphatic heterocycles. The number of carbonyl (C=O) groups is 1. The fraction of sp³-hybridized carbons (Fsp3) is 0.444.